The van der Waals surface area contributed by atoms with E-state index in [1.54, 1.807) is 0 Å². The first-order valence-corrected chi connectivity index (χ1v) is 10.4. The molecule has 0 radical (unpaired) electrons. The van der Waals surface area contributed by atoms with Gasteiger partial charge < -0.3 is 4.99 Å². The van der Waals surface area contributed by atoms with Crippen molar-refractivity contribution >= 4 is 6.21 Å². The molecule has 0 aliphatic heterocycles. The number of aliphatic imine (C=N–C) groups is 1. The topological polar surface area (TPSA) is 12.4 Å². The molecule has 1 saturated carbocycles. The second-order valence-corrected chi connectivity index (χ2v) is 8.88. The summed E-state index contributed by atoms with van der Waals surface area (Å²) in [6.07, 6.45) is 15.0. The SMILES string of the molecule is CN=CC(CCCCCCC(C)C)C1C(C)C1CCCC(C)C. The van der Waals surface area contributed by atoms with Gasteiger partial charge in [0, 0.05) is 13.3 Å². The van der Waals surface area contributed by atoms with Crippen LogP contribution in [0.3, 0.4) is 0 Å². The predicted octanol–water partition coefficient (Wildman–Crippen LogP) is 7.01. The van der Waals surface area contributed by atoms with E-state index in [2.05, 4.69) is 45.8 Å². The molecule has 0 saturated heterocycles. The van der Waals surface area contributed by atoms with Crippen LogP contribution in [0.4, 0.5) is 0 Å². The van der Waals surface area contributed by atoms with Gasteiger partial charge in [-0.05, 0) is 48.3 Å². The van der Waals surface area contributed by atoms with E-state index in [0.717, 1.165) is 35.5 Å². The number of hydrogen-bond donors (Lipinski definition) is 0. The summed E-state index contributed by atoms with van der Waals surface area (Å²) in [5.41, 5.74) is 0. The van der Waals surface area contributed by atoms with Crippen molar-refractivity contribution in [1.82, 2.24) is 0 Å². The average molecular weight is 322 g/mol. The van der Waals surface area contributed by atoms with E-state index in [-0.39, 0.29) is 0 Å². The summed E-state index contributed by atoms with van der Waals surface area (Å²) >= 11 is 0. The molecule has 1 aliphatic carbocycles. The van der Waals surface area contributed by atoms with Crippen molar-refractivity contribution in [3.63, 3.8) is 0 Å². The Morgan fingerprint density at radius 1 is 0.826 bits per heavy atom. The van der Waals surface area contributed by atoms with E-state index >= 15 is 0 Å². The second kappa shape index (κ2) is 11.3. The summed E-state index contributed by atoms with van der Waals surface area (Å²) in [5, 5.41) is 0. The molecule has 0 N–H and O–H groups in total. The van der Waals surface area contributed by atoms with Crippen LogP contribution < -0.4 is 0 Å². The van der Waals surface area contributed by atoms with Crippen molar-refractivity contribution in [1.29, 1.82) is 0 Å². The van der Waals surface area contributed by atoms with E-state index < -0.39 is 0 Å². The zero-order valence-corrected chi connectivity index (χ0v) is 16.9. The lowest BCUT2D eigenvalue weighted by atomic mass is 9.93. The van der Waals surface area contributed by atoms with Gasteiger partial charge in [-0.2, -0.15) is 0 Å². The zero-order chi connectivity index (χ0) is 17.2. The van der Waals surface area contributed by atoms with Crippen LogP contribution in [0.2, 0.25) is 0 Å². The van der Waals surface area contributed by atoms with Gasteiger partial charge in [-0.15, -0.1) is 0 Å². The molecule has 4 unspecified atom stereocenters. The van der Waals surface area contributed by atoms with Crippen LogP contribution in [0.25, 0.3) is 0 Å². The summed E-state index contributed by atoms with van der Waals surface area (Å²) in [5.74, 6) is 5.34. The van der Waals surface area contributed by atoms with Gasteiger partial charge in [0.2, 0.25) is 0 Å². The fraction of sp³-hybridized carbons (Fsp3) is 0.955. The van der Waals surface area contributed by atoms with E-state index in [1.807, 2.05) is 7.05 Å². The third kappa shape index (κ3) is 8.36. The van der Waals surface area contributed by atoms with Crippen LogP contribution in [0.1, 0.15) is 92.4 Å². The number of hydrogen-bond acceptors (Lipinski definition) is 1. The molecule has 0 aromatic heterocycles. The quantitative estimate of drug-likeness (QED) is 0.255. The summed E-state index contributed by atoms with van der Waals surface area (Å²) in [4.78, 5) is 4.39. The number of nitrogens with zero attached hydrogens (tertiary/aromatic N) is 1. The van der Waals surface area contributed by atoms with Crippen molar-refractivity contribution in [2.45, 2.75) is 92.4 Å². The molecule has 4 atom stereocenters. The highest BCUT2D eigenvalue weighted by atomic mass is 14.7. The van der Waals surface area contributed by atoms with Gasteiger partial charge in [0.05, 0.1) is 0 Å². The lowest BCUT2D eigenvalue weighted by molar-refractivity contribution is 0.450. The molecule has 1 heteroatoms. The van der Waals surface area contributed by atoms with Crippen LogP contribution in [0.5, 0.6) is 0 Å². The van der Waals surface area contributed by atoms with E-state index in [9.17, 15) is 0 Å². The molecule has 0 heterocycles. The highest BCUT2D eigenvalue weighted by Gasteiger charge is 2.49. The van der Waals surface area contributed by atoms with Crippen molar-refractivity contribution in [2.24, 2.45) is 40.5 Å². The van der Waals surface area contributed by atoms with Crippen molar-refractivity contribution < 1.29 is 0 Å². The first-order chi connectivity index (χ1) is 11.0. The number of unbranched alkanes of at least 4 members (excludes halogenated alkanes) is 3. The summed E-state index contributed by atoms with van der Waals surface area (Å²) < 4.78 is 0. The van der Waals surface area contributed by atoms with Crippen LogP contribution >= 0.6 is 0 Å². The van der Waals surface area contributed by atoms with Crippen LogP contribution in [-0.4, -0.2) is 13.3 Å². The van der Waals surface area contributed by atoms with E-state index in [0.29, 0.717) is 0 Å². The lowest BCUT2D eigenvalue weighted by Crippen LogP contribution is -2.07. The molecule has 0 spiro atoms. The van der Waals surface area contributed by atoms with Crippen molar-refractivity contribution in [2.75, 3.05) is 7.05 Å². The third-order valence-corrected chi connectivity index (χ3v) is 5.86. The fourth-order valence-electron chi connectivity index (χ4n) is 4.35. The third-order valence-electron chi connectivity index (χ3n) is 5.86. The standard InChI is InChI=1S/C22H43N/c1-17(2)12-9-7-8-10-14-20(16-23-6)22-19(5)21(22)15-11-13-18(3)4/h16-22H,7-15H2,1-6H3. The highest BCUT2D eigenvalue weighted by Crippen LogP contribution is 2.54. The predicted molar refractivity (Wildman–Crippen MR) is 105 cm³/mol. The summed E-state index contributed by atoms with van der Waals surface area (Å²) in [7, 11) is 1.95. The van der Waals surface area contributed by atoms with Gasteiger partial charge in [0.15, 0.2) is 0 Å². The molecule has 0 bridgehead atoms. The summed E-state index contributed by atoms with van der Waals surface area (Å²) in [6.45, 7) is 11.8. The van der Waals surface area contributed by atoms with Crippen LogP contribution in [0, 0.1) is 35.5 Å². The molecular weight excluding hydrogens is 278 g/mol. The minimum absolute atomic E-state index is 0.754. The Morgan fingerprint density at radius 2 is 1.39 bits per heavy atom. The Morgan fingerprint density at radius 3 is 1.96 bits per heavy atom. The maximum absolute atomic E-state index is 4.39. The van der Waals surface area contributed by atoms with Crippen LogP contribution in [-0.2, 0) is 0 Å². The Labute approximate surface area is 146 Å². The minimum atomic E-state index is 0.754. The maximum Gasteiger partial charge on any atom is 0.0273 e. The first-order valence-electron chi connectivity index (χ1n) is 10.4. The van der Waals surface area contributed by atoms with Crippen molar-refractivity contribution in [3.05, 3.63) is 0 Å². The molecule has 1 fully saturated rings. The Bertz CT molecular complexity index is 318. The van der Waals surface area contributed by atoms with Gasteiger partial charge in [0.25, 0.3) is 0 Å². The molecule has 0 amide bonds. The van der Waals surface area contributed by atoms with Gasteiger partial charge >= 0.3 is 0 Å². The van der Waals surface area contributed by atoms with Gasteiger partial charge in [-0.25, -0.2) is 0 Å². The average Bonchev–Trinajstić information content (AvgIpc) is 3.10. The monoisotopic (exact) mass is 321 g/mol. The first kappa shape index (κ1) is 20.7. The van der Waals surface area contributed by atoms with Gasteiger partial charge in [0.1, 0.15) is 0 Å². The van der Waals surface area contributed by atoms with Crippen LogP contribution in [0.15, 0.2) is 4.99 Å². The van der Waals surface area contributed by atoms with Gasteiger partial charge in [-0.1, -0.05) is 79.6 Å². The molecule has 23 heavy (non-hydrogen) atoms. The Kier molecular flexibility index (Phi) is 10.1. The molecule has 1 aliphatic rings. The molecule has 1 nitrogen and oxygen atoms in total. The smallest absolute Gasteiger partial charge is 0.0273 e. The largest absolute Gasteiger partial charge is 0.301 e. The second-order valence-electron chi connectivity index (χ2n) is 8.88. The molecular formula is C22H43N. The van der Waals surface area contributed by atoms with E-state index in [1.165, 1.54) is 57.8 Å². The van der Waals surface area contributed by atoms with Crippen molar-refractivity contribution in [3.8, 4) is 0 Å². The Balaban J connectivity index is 2.24. The molecule has 0 aromatic rings. The summed E-state index contributed by atoms with van der Waals surface area (Å²) in [6, 6.07) is 0. The highest BCUT2D eigenvalue weighted by molar-refractivity contribution is 5.61. The van der Waals surface area contributed by atoms with E-state index in [4.69, 9.17) is 0 Å². The Hall–Kier alpha value is -0.330. The molecule has 0 aromatic carbocycles. The molecule has 136 valence electrons. The number of rotatable bonds is 13. The molecule has 1 rings (SSSR count). The minimum Gasteiger partial charge on any atom is -0.301 e. The van der Waals surface area contributed by atoms with Gasteiger partial charge in [-0.3, -0.25) is 0 Å². The zero-order valence-electron chi connectivity index (χ0n) is 16.9. The fourth-order valence-corrected chi connectivity index (χ4v) is 4.35. The lowest BCUT2D eigenvalue weighted by Gasteiger charge is -2.13. The maximum atomic E-state index is 4.39. The normalized spacial score (nSPS) is 25.7.